The zero-order valence-electron chi connectivity index (χ0n) is 12.6. The lowest BCUT2D eigenvalue weighted by molar-refractivity contribution is -0.146. The van der Waals surface area contributed by atoms with Crippen molar-refractivity contribution in [2.75, 3.05) is 14.1 Å². The lowest BCUT2D eigenvalue weighted by Crippen LogP contribution is -2.35. The van der Waals surface area contributed by atoms with Crippen LogP contribution in [0.3, 0.4) is 0 Å². The van der Waals surface area contributed by atoms with Gasteiger partial charge in [0.25, 0.3) is 0 Å². The fourth-order valence-electron chi connectivity index (χ4n) is 2.56. The number of carboxylic acid groups (broad SMARTS) is 1. The average Bonchev–Trinajstić information content (AvgIpc) is 2.34. The maximum atomic E-state index is 11.6. The molecule has 1 rings (SSSR count). The van der Waals surface area contributed by atoms with Gasteiger partial charge >= 0.3 is 5.97 Å². The highest BCUT2D eigenvalue weighted by Crippen LogP contribution is 2.32. The Morgan fingerprint density at radius 2 is 1.74 bits per heavy atom. The molecule has 2 atom stereocenters. The number of rotatable bonds is 6. The standard InChI is InChI=1S/C16H25NO2/c1-6-12-7-9-13(10-8-12)15(17(4)5)14(11(2)3)16(18)19/h7-11,14-15H,6H2,1-5H3,(H,18,19). The van der Waals surface area contributed by atoms with E-state index in [4.69, 9.17) is 0 Å². The Morgan fingerprint density at radius 3 is 2.05 bits per heavy atom. The van der Waals surface area contributed by atoms with Crippen molar-refractivity contribution in [3.8, 4) is 0 Å². The number of hydrogen-bond donors (Lipinski definition) is 1. The second-order valence-corrected chi connectivity index (χ2v) is 5.61. The van der Waals surface area contributed by atoms with Gasteiger partial charge in [-0.25, -0.2) is 0 Å². The summed E-state index contributed by atoms with van der Waals surface area (Å²) in [6, 6.07) is 8.20. The second-order valence-electron chi connectivity index (χ2n) is 5.61. The van der Waals surface area contributed by atoms with Crippen LogP contribution in [0, 0.1) is 11.8 Å². The van der Waals surface area contributed by atoms with E-state index >= 15 is 0 Å². The highest BCUT2D eigenvalue weighted by atomic mass is 16.4. The number of hydrogen-bond acceptors (Lipinski definition) is 2. The second kappa shape index (κ2) is 6.71. The first kappa shape index (κ1) is 15.7. The molecule has 0 aliphatic rings. The summed E-state index contributed by atoms with van der Waals surface area (Å²) < 4.78 is 0. The van der Waals surface area contributed by atoms with Crippen molar-refractivity contribution in [1.29, 1.82) is 0 Å². The molecule has 1 aromatic carbocycles. The molecule has 0 spiro atoms. The summed E-state index contributed by atoms with van der Waals surface area (Å²) in [7, 11) is 3.88. The van der Waals surface area contributed by atoms with Gasteiger partial charge in [-0.2, -0.15) is 0 Å². The molecule has 0 fully saturated rings. The van der Waals surface area contributed by atoms with Gasteiger partial charge in [0.1, 0.15) is 0 Å². The van der Waals surface area contributed by atoms with Crippen molar-refractivity contribution in [1.82, 2.24) is 4.90 Å². The minimum Gasteiger partial charge on any atom is -0.481 e. The fourth-order valence-corrected chi connectivity index (χ4v) is 2.56. The van der Waals surface area contributed by atoms with Gasteiger partial charge < -0.3 is 10.0 Å². The van der Waals surface area contributed by atoms with Crippen LogP contribution in [0.15, 0.2) is 24.3 Å². The molecule has 0 aliphatic carbocycles. The summed E-state index contributed by atoms with van der Waals surface area (Å²) in [5.74, 6) is -1.04. The van der Waals surface area contributed by atoms with E-state index < -0.39 is 11.9 Å². The number of aryl methyl sites for hydroxylation is 1. The molecule has 0 saturated heterocycles. The average molecular weight is 263 g/mol. The third kappa shape index (κ3) is 3.80. The molecule has 1 aromatic rings. The summed E-state index contributed by atoms with van der Waals surface area (Å²) in [5, 5.41) is 9.50. The first-order valence-electron chi connectivity index (χ1n) is 6.86. The Bertz CT molecular complexity index is 409. The van der Waals surface area contributed by atoms with Crippen molar-refractivity contribution in [2.24, 2.45) is 11.8 Å². The monoisotopic (exact) mass is 263 g/mol. The zero-order valence-corrected chi connectivity index (χ0v) is 12.6. The predicted octanol–water partition coefficient (Wildman–Crippen LogP) is 3.21. The van der Waals surface area contributed by atoms with Gasteiger partial charge in [-0.15, -0.1) is 0 Å². The third-order valence-corrected chi connectivity index (χ3v) is 3.63. The molecule has 19 heavy (non-hydrogen) atoms. The first-order chi connectivity index (χ1) is 8.88. The third-order valence-electron chi connectivity index (χ3n) is 3.63. The van der Waals surface area contributed by atoms with Crippen molar-refractivity contribution >= 4 is 5.97 Å². The van der Waals surface area contributed by atoms with E-state index in [0.717, 1.165) is 12.0 Å². The minimum atomic E-state index is -0.728. The number of aliphatic carboxylic acids is 1. The molecule has 0 amide bonds. The van der Waals surface area contributed by atoms with Crippen LogP contribution >= 0.6 is 0 Å². The summed E-state index contributed by atoms with van der Waals surface area (Å²) in [6.07, 6.45) is 0.999. The Kier molecular flexibility index (Phi) is 5.55. The van der Waals surface area contributed by atoms with Crippen molar-refractivity contribution in [3.63, 3.8) is 0 Å². The van der Waals surface area contributed by atoms with Crippen molar-refractivity contribution in [3.05, 3.63) is 35.4 Å². The van der Waals surface area contributed by atoms with Gasteiger partial charge in [0.2, 0.25) is 0 Å². The molecule has 0 aliphatic heterocycles. The van der Waals surface area contributed by atoms with Crippen molar-refractivity contribution < 1.29 is 9.90 Å². The van der Waals surface area contributed by atoms with Crippen LogP contribution in [0.5, 0.6) is 0 Å². The van der Waals surface area contributed by atoms with E-state index in [-0.39, 0.29) is 12.0 Å². The van der Waals surface area contributed by atoms with Crippen LogP contribution in [-0.2, 0) is 11.2 Å². The van der Waals surface area contributed by atoms with E-state index in [0.29, 0.717) is 0 Å². The molecule has 3 nitrogen and oxygen atoms in total. The predicted molar refractivity (Wildman–Crippen MR) is 78.2 cm³/mol. The summed E-state index contributed by atoms with van der Waals surface area (Å²) >= 11 is 0. The Labute approximate surface area is 116 Å². The number of nitrogens with zero attached hydrogens (tertiary/aromatic N) is 1. The fraction of sp³-hybridized carbons (Fsp3) is 0.562. The van der Waals surface area contributed by atoms with Crippen LogP contribution < -0.4 is 0 Å². The summed E-state index contributed by atoms with van der Waals surface area (Å²) in [5.41, 5.74) is 2.35. The zero-order chi connectivity index (χ0) is 14.6. The molecule has 0 aromatic heterocycles. The number of benzene rings is 1. The van der Waals surface area contributed by atoms with Gasteiger partial charge in [0.15, 0.2) is 0 Å². The van der Waals surface area contributed by atoms with E-state index in [1.165, 1.54) is 5.56 Å². The van der Waals surface area contributed by atoms with Gasteiger partial charge in [0.05, 0.1) is 5.92 Å². The highest BCUT2D eigenvalue weighted by Gasteiger charge is 2.33. The molecule has 0 heterocycles. The molecular formula is C16H25NO2. The van der Waals surface area contributed by atoms with Crippen molar-refractivity contribution in [2.45, 2.75) is 33.2 Å². The van der Waals surface area contributed by atoms with E-state index in [1.54, 1.807) is 0 Å². The molecular weight excluding hydrogens is 238 g/mol. The Hall–Kier alpha value is -1.35. The first-order valence-corrected chi connectivity index (χ1v) is 6.86. The molecule has 3 heteroatoms. The van der Waals surface area contributed by atoms with Crippen LogP contribution in [-0.4, -0.2) is 30.1 Å². The van der Waals surface area contributed by atoms with Crippen LogP contribution in [0.25, 0.3) is 0 Å². The lowest BCUT2D eigenvalue weighted by atomic mass is 9.83. The molecule has 0 saturated carbocycles. The van der Waals surface area contributed by atoms with Gasteiger partial charge in [-0.1, -0.05) is 45.0 Å². The summed E-state index contributed by atoms with van der Waals surface area (Å²) in [6.45, 7) is 6.05. The largest absolute Gasteiger partial charge is 0.481 e. The lowest BCUT2D eigenvalue weighted by Gasteiger charge is -2.32. The van der Waals surface area contributed by atoms with Gasteiger partial charge in [-0.05, 0) is 37.6 Å². The van der Waals surface area contributed by atoms with E-state index in [2.05, 4.69) is 31.2 Å². The Morgan fingerprint density at radius 1 is 1.21 bits per heavy atom. The molecule has 2 unspecified atom stereocenters. The normalized spacial score (nSPS) is 14.7. The number of carbonyl (C=O) groups is 1. The minimum absolute atomic E-state index is 0.0933. The topological polar surface area (TPSA) is 40.5 Å². The smallest absolute Gasteiger partial charge is 0.308 e. The molecule has 106 valence electrons. The maximum absolute atomic E-state index is 11.6. The highest BCUT2D eigenvalue weighted by molar-refractivity contribution is 5.71. The van der Waals surface area contributed by atoms with Crippen LogP contribution in [0.2, 0.25) is 0 Å². The van der Waals surface area contributed by atoms with Crippen LogP contribution in [0.1, 0.15) is 37.9 Å². The number of carboxylic acids is 1. The molecule has 0 bridgehead atoms. The SMILES string of the molecule is CCc1ccc(C(C(C(=O)O)C(C)C)N(C)C)cc1. The molecule has 0 radical (unpaired) electrons. The molecule has 1 N–H and O–H groups in total. The van der Waals surface area contributed by atoms with E-state index in [9.17, 15) is 9.90 Å². The summed E-state index contributed by atoms with van der Waals surface area (Å²) in [4.78, 5) is 13.6. The quantitative estimate of drug-likeness (QED) is 0.856. The van der Waals surface area contributed by atoms with Gasteiger partial charge in [-0.3, -0.25) is 4.79 Å². The Balaban J connectivity index is 3.14. The van der Waals surface area contributed by atoms with Crippen LogP contribution in [0.4, 0.5) is 0 Å². The van der Waals surface area contributed by atoms with E-state index in [1.807, 2.05) is 32.8 Å². The van der Waals surface area contributed by atoms with Gasteiger partial charge in [0, 0.05) is 6.04 Å². The maximum Gasteiger partial charge on any atom is 0.308 e.